The molecule has 8 heteroatoms. The zero-order valence-corrected chi connectivity index (χ0v) is 17.8. The smallest absolute Gasteiger partial charge is 0.135 e. The molecule has 3 heterocycles. The molecule has 3 aliphatic rings. The number of amidine groups is 2. The third-order valence-electron chi connectivity index (χ3n) is 6.54. The van der Waals surface area contributed by atoms with Gasteiger partial charge >= 0.3 is 0 Å². The molecule has 4 rings (SSSR count). The van der Waals surface area contributed by atoms with Crippen LogP contribution in [0.4, 0.5) is 0 Å². The van der Waals surface area contributed by atoms with Gasteiger partial charge in [0.1, 0.15) is 11.7 Å². The number of aliphatic hydroxyl groups is 1. The molecule has 2 saturated heterocycles. The lowest BCUT2D eigenvalue weighted by molar-refractivity contribution is -0.0166. The van der Waals surface area contributed by atoms with Gasteiger partial charge in [0, 0.05) is 49.3 Å². The molecular formula is C21H31ClN6O. The standard InChI is InChI=1S/C21H31ClN6O/c1-26-12-18(10-15-2-4-16(22)5-3-15)28(13-19(26)14-29)17-6-8-27(9-7-17)21-11-20(23)24-25-21/h2-5,17-19,29H,6-14H2,1H3,(H2,23,24)/t18-,19+/m0/s1. The predicted molar refractivity (Wildman–Crippen MR) is 117 cm³/mol. The van der Waals surface area contributed by atoms with E-state index in [1.54, 1.807) is 0 Å². The Balaban J connectivity index is 1.43. The van der Waals surface area contributed by atoms with Gasteiger partial charge in [-0.2, -0.15) is 0 Å². The lowest BCUT2D eigenvalue weighted by Crippen LogP contribution is -2.62. The minimum atomic E-state index is 0.196. The van der Waals surface area contributed by atoms with E-state index in [-0.39, 0.29) is 12.6 Å². The summed E-state index contributed by atoms with van der Waals surface area (Å²) >= 11 is 6.07. The van der Waals surface area contributed by atoms with E-state index in [1.165, 1.54) is 5.56 Å². The maximum Gasteiger partial charge on any atom is 0.135 e. The lowest BCUT2D eigenvalue weighted by atomic mass is 9.94. The summed E-state index contributed by atoms with van der Waals surface area (Å²) in [6.45, 7) is 4.04. The minimum absolute atomic E-state index is 0.196. The highest BCUT2D eigenvalue weighted by atomic mass is 35.5. The second kappa shape index (κ2) is 9.00. The van der Waals surface area contributed by atoms with Crippen molar-refractivity contribution in [2.24, 2.45) is 15.9 Å². The van der Waals surface area contributed by atoms with Crippen LogP contribution in [0, 0.1) is 0 Å². The highest BCUT2D eigenvalue weighted by molar-refractivity contribution is 6.30. The van der Waals surface area contributed by atoms with Gasteiger partial charge in [-0.3, -0.25) is 9.80 Å². The highest BCUT2D eigenvalue weighted by Gasteiger charge is 2.37. The number of aliphatic hydroxyl groups excluding tert-OH is 1. The van der Waals surface area contributed by atoms with Crippen LogP contribution in [-0.4, -0.2) is 89.4 Å². The molecular weight excluding hydrogens is 388 g/mol. The molecule has 1 aromatic carbocycles. The van der Waals surface area contributed by atoms with Crippen molar-refractivity contribution in [3.63, 3.8) is 0 Å². The third-order valence-corrected chi connectivity index (χ3v) is 6.79. The molecule has 158 valence electrons. The molecule has 7 nitrogen and oxygen atoms in total. The Labute approximate surface area is 177 Å². The second-order valence-corrected chi connectivity index (χ2v) is 8.90. The Morgan fingerprint density at radius 3 is 2.45 bits per heavy atom. The monoisotopic (exact) mass is 418 g/mol. The summed E-state index contributed by atoms with van der Waals surface area (Å²) in [6, 6.07) is 9.35. The zero-order chi connectivity index (χ0) is 20.4. The first kappa shape index (κ1) is 20.6. The summed E-state index contributed by atoms with van der Waals surface area (Å²) in [6.07, 6.45) is 3.86. The molecule has 0 bridgehead atoms. The fraction of sp³-hybridized carbons (Fsp3) is 0.619. The second-order valence-electron chi connectivity index (χ2n) is 8.46. The molecule has 0 amide bonds. The van der Waals surface area contributed by atoms with E-state index >= 15 is 0 Å². The van der Waals surface area contributed by atoms with E-state index in [9.17, 15) is 5.11 Å². The quantitative estimate of drug-likeness (QED) is 0.772. The fourth-order valence-electron chi connectivity index (χ4n) is 4.82. The molecule has 0 saturated carbocycles. The largest absolute Gasteiger partial charge is 0.395 e. The first-order valence-electron chi connectivity index (χ1n) is 10.5. The molecule has 0 spiro atoms. The normalized spacial score (nSPS) is 27.2. The van der Waals surface area contributed by atoms with Crippen LogP contribution >= 0.6 is 11.6 Å². The van der Waals surface area contributed by atoms with Crippen LogP contribution in [0.2, 0.25) is 5.02 Å². The number of piperazine rings is 1. The average Bonchev–Trinajstić information content (AvgIpc) is 3.16. The summed E-state index contributed by atoms with van der Waals surface area (Å²) in [7, 11) is 2.12. The maximum atomic E-state index is 9.86. The Bertz CT molecular complexity index is 759. The van der Waals surface area contributed by atoms with E-state index in [1.807, 2.05) is 12.1 Å². The number of rotatable bonds is 4. The number of halogens is 1. The number of hydrogen-bond acceptors (Lipinski definition) is 7. The first-order valence-corrected chi connectivity index (χ1v) is 10.9. The van der Waals surface area contributed by atoms with Crippen LogP contribution in [0.1, 0.15) is 24.8 Å². The lowest BCUT2D eigenvalue weighted by Gasteiger charge is -2.50. The van der Waals surface area contributed by atoms with Gasteiger partial charge in [-0.25, -0.2) is 0 Å². The molecule has 1 aromatic rings. The summed E-state index contributed by atoms with van der Waals surface area (Å²) in [5, 5.41) is 18.9. The average molecular weight is 419 g/mol. The topological polar surface area (TPSA) is 80.7 Å². The van der Waals surface area contributed by atoms with Crippen molar-refractivity contribution < 1.29 is 5.11 Å². The molecule has 2 atom stereocenters. The summed E-state index contributed by atoms with van der Waals surface area (Å²) in [5.41, 5.74) is 7.10. The van der Waals surface area contributed by atoms with Gasteiger partial charge in [0.05, 0.1) is 13.0 Å². The Morgan fingerprint density at radius 1 is 1.10 bits per heavy atom. The Hall–Kier alpha value is -1.67. The Morgan fingerprint density at radius 2 is 1.83 bits per heavy atom. The van der Waals surface area contributed by atoms with E-state index in [0.717, 1.165) is 56.3 Å². The van der Waals surface area contributed by atoms with E-state index in [0.29, 0.717) is 24.3 Å². The number of nitrogens with two attached hydrogens (primary N) is 1. The minimum Gasteiger partial charge on any atom is -0.395 e. The first-order chi connectivity index (χ1) is 14.0. The van der Waals surface area contributed by atoms with Gasteiger partial charge in [0.25, 0.3) is 0 Å². The molecule has 3 aliphatic heterocycles. The van der Waals surface area contributed by atoms with E-state index in [4.69, 9.17) is 17.3 Å². The van der Waals surface area contributed by atoms with Crippen molar-refractivity contribution in [2.75, 3.05) is 39.8 Å². The van der Waals surface area contributed by atoms with Crippen LogP contribution in [0.5, 0.6) is 0 Å². The van der Waals surface area contributed by atoms with Crippen molar-refractivity contribution in [2.45, 2.75) is 43.8 Å². The number of likely N-dealkylation sites (N-methyl/N-ethyl adjacent to an activating group) is 1. The van der Waals surface area contributed by atoms with Crippen LogP contribution in [0.3, 0.4) is 0 Å². The van der Waals surface area contributed by atoms with Gasteiger partial charge in [-0.15, -0.1) is 10.2 Å². The van der Waals surface area contributed by atoms with Gasteiger partial charge in [-0.05, 0) is 44.0 Å². The van der Waals surface area contributed by atoms with Crippen LogP contribution in [-0.2, 0) is 6.42 Å². The number of nitrogens with zero attached hydrogens (tertiary/aromatic N) is 5. The number of hydrogen-bond donors (Lipinski definition) is 2. The van der Waals surface area contributed by atoms with Crippen molar-refractivity contribution >= 4 is 23.3 Å². The number of piperidine rings is 1. The molecule has 0 aromatic heterocycles. The van der Waals surface area contributed by atoms with Gasteiger partial charge in [0.15, 0.2) is 0 Å². The molecule has 3 N–H and O–H groups in total. The molecule has 0 aliphatic carbocycles. The summed E-state index contributed by atoms with van der Waals surface area (Å²) < 4.78 is 0. The summed E-state index contributed by atoms with van der Waals surface area (Å²) in [5.74, 6) is 1.61. The molecule has 0 radical (unpaired) electrons. The van der Waals surface area contributed by atoms with Gasteiger partial charge < -0.3 is 15.7 Å². The number of likely N-dealkylation sites (tertiary alicyclic amines) is 1. The predicted octanol–water partition coefficient (Wildman–Crippen LogP) is 1.40. The molecule has 29 heavy (non-hydrogen) atoms. The van der Waals surface area contributed by atoms with Crippen LogP contribution in [0.15, 0.2) is 34.5 Å². The fourth-order valence-corrected chi connectivity index (χ4v) is 4.95. The van der Waals surface area contributed by atoms with Crippen molar-refractivity contribution in [1.82, 2.24) is 14.7 Å². The SMILES string of the molecule is CN1C[C@H](Cc2ccc(Cl)cc2)N(C2CCN(C3=NN=C(N)C3)CC2)C[C@@H]1CO. The molecule has 0 unspecified atom stereocenters. The Kier molecular flexibility index (Phi) is 6.39. The van der Waals surface area contributed by atoms with Gasteiger partial charge in [0.2, 0.25) is 0 Å². The highest BCUT2D eigenvalue weighted by Crippen LogP contribution is 2.26. The van der Waals surface area contributed by atoms with Crippen LogP contribution < -0.4 is 5.73 Å². The van der Waals surface area contributed by atoms with Crippen molar-refractivity contribution in [1.29, 1.82) is 0 Å². The van der Waals surface area contributed by atoms with Crippen LogP contribution in [0.25, 0.3) is 0 Å². The van der Waals surface area contributed by atoms with Gasteiger partial charge in [-0.1, -0.05) is 23.7 Å². The van der Waals surface area contributed by atoms with E-state index in [2.05, 4.69) is 44.1 Å². The maximum absolute atomic E-state index is 9.86. The number of benzene rings is 1. The van der Waals surface area contributed by atoms with Crippen molar-refractivity contribution in [3.05, 3.63) is 34.9 Å². The molecule has 2 fully saturated rings. The zero-order valence-electron chi connectivity index (χ0n) is 17.0. The third kappa shape index (κ3) is 4.74. The van der Waals surface area contributed by atoms with Crippen molar-refractivity contribution in [3.8, 4) is 0 Å². The summed E-state index contributed by atoms with van der Waals surface area (Å²) in [4.78, 5) is 7.28. The van der Waals surface area contributed by atoms with E-state index < -0.39 is 0 Å².